The average molecular weight is 640 g/mol. The molecule has 8 nitrogen and oxygen atoms in total. The van der Waals surface area contributed by atoms with E-state index in [2.05, 4.69) is 73.8 Å². The SMILES string of the molecule is COc1ccc(COCCCC[C@@H](/C=C/[C@H](O[Si](C)(C)C(C)(C)C)[C@H](CCCO)OC(N)=O)O[Si](C)(C)C(C)(C)C)cc1. The number of primary amides is 1. The van der Waals surface area contributed by atoms with Crippen molar-refractivity contribution in [1.29, 1.82) is 0 Å². The van der Waals surface area contributed by atoms with Crippen LogP contribution >= 0.6 is 0 Å². The molecule has 1 aromatic rings. The lowest BCUT2D eigenvalue weighted by molar-refractivity contribution is 0.0263. The van der Waals surface area contributed by atoms with E-state index in [0.717, 1.165) is 30.6 Å². The molecule has 1 rings (SSSR count). The molecule has 0 heterocycles. The molecule has 0 saturated heterocycles. The van der Waals surface area contributed by atoms with Crippen LogP contribution in [0.4, 0.5) is 4.79 Å². The molecule has 0 spiro atoms. The van der Waals surface area contributed by atoms with Crippen LogP contribution in [0.5, 0.6) is 5.75 Å². The summed E-state index contributed by atoms with van der Waals surface area (Å²) in [7, 11) is -2.67. The summed E-state index contributed by atoms with van der Waals surface area (Å²) >= 11 is 0. The maximum absolute atomic E-state index is 11.9. The van der Waals surface area contributed by atoms with Crippen LogP contribution in [0.1, 0.15) is 79.2 Å². The second-order valence-corrected chi connectivity index (χ2v) is 23.9. The number of unbranched alkanes of at least 4 members (excludes halogenated alkanes) is 1. The summed E-state index contributed by atoms with van der Waals surface area (Å²) in [5.74, 6) is 0.836. The first-order chi connectivity index (χ1) is 19.8. The van der Waals surface area contributed by atoms with E-state index in [1.54, 1.807) is 7.11 Å². The molecule has 3 N–H and O–H groups in total. The van der Waals surface area contributed by atoms with E-state index in [4.69, 9.17) is 28.8 Å². The fourth-order valence-electron chi connectivity index (χ4n) is 3.93. The number of rotatable bonds is 19. The first-order valence-corrected chi connectivity index (χ1v) is 21.5. The summed E-state index contributed by atoms with van der Waals surface area (Å²) in [6, 6.07) is 7.92. The summed E-state index contributed by atoms with van der Waals surface area (Å²) in [5, 5.41) is 9.51. The molecule has 248 valence electrons. The predicted octanol–water partition coefficient (Wildman–Crippen LogP) is 7.96. The van der Waals surface area contributed by atoms with Gasteiger partial charge in [0.1, 0.15) is 18.0 Å². The van der Waals surface area contributed by atoms with E-state index >= 15 is 0 Å². The van der Waals surface area contributed by atoms with Crippen molar-refractivity contribution < 1.29 is 33.0 Å². The van der Waals surface area contributed by atoms with Crippen molar-refractivity contribution in [3.05, 3.63) is 42.0 Å². The molecule has 0 aliphatic heterocycles. The van der Waals surface area contributed by atoms with Crippen molar-refractivity contribution in [3.8, 4) is 5.75 Å². The van der Waals surface area contributed by atoms with Gasteiger partial charge in [-0.05, 0) is 86.1 Å². The van der Waals surface area contributed by atoms with E-state index in [0.29, 0.717) is 26.1 Å². The normalized spacial score (nSPS) is 15.3. The van der Waals surface area contributed by atoms with Gasteiger partial charge in [0.2, 0.25) is 0 Å². The van der Waals surface area contributed by atoms with Crippen molar-refractivity contribution in [3.63, 3.8) is 0 Å². The smallest absolute Gasteiger partial charge is 0.404 e. The van der Waals surface area contributed by atoms with E-state index in [-0.39, 0.29) is 22.8 Å². The Hall–Kier alpha value is -1.70. The Kier molecular flexibility index (Phi) is 16.2. The molecule has 1 amide bonds. The Morgan fingerprint density at radius 2 is 1.47 bits per heavy atom. The molecule has 3 atom stereocenters. The summed E-state index contributed by atoms with van der Waals surface area (Å²) in [6.07, 6.45) is 5.63. The van der Waals surface area contributed by atoms with Gasteiger partial charge in [-0.3, -0.25) is 0 Å². The lowest BCUT2D eigenvalue weighted by atomic mass is 10.1. The van der Waals surface area contributed by atoms with Gasteiger partial charge in [0.25, 0.3) is 0 Å². The predicted molar refractivity (Wildman–Crippen MR) is 181 cm³/mol. The number of methoxy groups -OCH3 is 1. The molecule has 0 saturated carbocycles. The van der Waals surface area contributed by atoms with Gasteiger partial charge >= 0.3 is 6.09 Å². The number of amides is 1. The number of hydrogen-bond donors (Lipinski definition) is 2. The number of carbonyl (C=O) groups excluding carboxylic acids is 1. The lowest BCUT2D eigenvalue weighted by Crippen LogP contribution is -2.48. The number of aliphatic hydroxyl groups is 1. The van der Waals surface area contributed by atoms with Gasteiger partial charge in [0.15, 0.2) is 16.6 Å². The summed E-state index contributed by atoms with van der Waals surface area (Å²) in [4.78, 5) is 11.9. The second kappa shape index (κ2) is 17.7. The first kappa shape index (κ1) is 39.3. The zero-order valence-electron chi connectivity index (χ0n) is 28.8. The largest absolute Gasteiger partial charge is 0.497 e. The molecule has 43 heavy (non-hydrogen) atoms. The lowest BCUT2D eigenvalue weighted by Gasteiger charge is -2.41. The highest BCUT2D eigenvalue weighted by Gasteiger charge is 2.41. The van der Waals surface area contributed by atoms with Gasteiger partial charge in [-0.2, -0.15) is 0 Å². The Balaban J connectivity index is 3.09. The Labute approximate surface area is 263 Å². The third-order valence-electron chi connectivity index (χ3n) is 8.74. The average Bonchev–Trinajstić information content (AvgIpc) is 2.89. The molecule has 0 aliphatic carbocycles. The molecule has 0 bridgehead atoms. The van der Waals surface area contributed by atoms with Crippen LogP contribution in [0.3, 0.4) is 0 Å². The summed E-state index contributed by atoms with van der Waals surface area (Å²) in [5.41, 5.74) is 6.58. The van der Waals surface area contributed by atoms with Gasteiger partial charge in [-0.25, -0.2) is 4.79 Å². The van der Waals surface area contributed by atoms with E-state index in [9.17, 15) is 9.90 Å². The third kappa shape index (κ3) is 14.3. The Morgan fingerprint density at radius 3 is 1.98 bits per heavy atom. The minimum absolute atomic E-state index is 0.00715. The zero-order valence-corrected chi connectivity index (χ0v) is 30.8. The van der Waals surface area contributed by atoms with Crippen LogP contribution in [0, 0.1) is 0 Å². The number of benzene rings is 1. The van der Waals surface area contributed by atoms with Crippen LogP contribution in [-0.4, -0.2) is 66.5 Å². The molecule has 10 heteroatoms. The number of carbonyl (C=O) groups is 1. The highest BCUT2D eigenvalue weighted by molar-refractivity contribution is 6.74. The number of hydrogen-bond acceptors (Lipinski definition) is 7. The molecule has 0 aromatic heterocycles. The van der Waals surface area contributed by atoms with Gasteiger partial charge < -0.3 is 33.9 Å². The Bertz CT molecular complexity index is 969. The van der Waals surface area contributed by atoms with Crippen molar-refractivity contribution in [2.24, 2.45) is 5.73 Å². The standard InChI is InChI=1S/C33H61NO7Si2/c1-32(2,3)42(8,9)40-28(15-12-13-24-38-25-26-17-19-27(37-7)20-18-26)21-22-30(41-43(10,11)33(4,5)6)29(16-14-23-35)39-31(34)36/h17-22,28-30,35H,12-16,23-25H2,1-11H3,(H2,34,36)/b22-21+/t28-,29-,30-/m0/s1. The summed E-state index contributed by atoms with van der Waals surface area (Å²) in [6.45, 7) is 23.3. The highest BCUT2D eigenvalue weighted by atomic mass is 28.4. The van der Waals surface area contributed by atoms with Crippen LogP contribution in [0.2, 0.25) is 36.3 Å². The van der Waals surface area contributed by atoms with Crippen LogP contribution < -0.4 is 10.5 Å². The minimum Gasteiger partial charge on any atom is -0.497 e. The first-order valence-electron chi connectivity index (χ1n) is 15.6. The van der Waals surface area contributed by atoms with Gasteiger partial charge in [-0.15, -0.1) is 0 Å². The third-order valence-corrected chi connectivity index (χ3v) is 17.7. The maximum Gasteiger partial charge on any atom is 0.404 e. The van der Waals surface area contributed by atoms with E-state index in [1.807, 2.05) is 30.3 Å². The monoisotopic (exact) mass is 639 g/mol. The van der Waals surface area contributed by atoms with Crippen molar-refractivity contribution in [2.45, 2.75) is 135 Å². The van der Waals surface area contributed by atoms with Crippen LogP contribution in [0.25, 0.3) is 0 Å². The molecular formula is C33H61NO7Si2. The quantitative estimate of drug-likeness (QED) is 0.0898. The maximum atomic E-state index is 11.9. The number of nitrogens with two attached hydrogens (primary N) is 1. The Morgan fingerprint density at radius 1 is 0.884 bits per heavy atom. The minimum atomic E-state index is -2.25. The molecule has 0 fully saturated rings. The van der Waals surface area contributed by atoms with Gasteiger partial charge in [0.05, 0.1) is 19.8 Å². The van der Waals surface area contributed by atoms with Crippen molar-refractivity contribution in [1.82, 2.24) is 0 Å². The highest BCUT2D eigenvalue weighted by Crippen LogP contribution is 2.39. The molecule has 1 aromatic carbocycles. The summed E-state index contributed by atoms with van der Waals surface area (Å²) < 4.78 is 30.4. The molecular weight excluding hydrogens is 579 g/mol. The second-order valence-electron chi connectivity index (χ2n) is 14.4. The van der Waals surface area contributed by atoms with Crippen LogP contribution in [-0.2, 0) is 24.9 Å². The van der Waals surface area contributed by atoms with E-state index < -0.39 is 34.9 Å². The van der Waals surface area contributed by atoms with Crippen molar-refractivity contribution in [2.75, 3.05) is 20.3 Å². The topological polar surface area (TPSA) is 109 Å². The van der Waals surface area contributed by atoms with Crippen LogP contribution in [0.15, 0.2) is 36.4 Å². The fourth-order valence-corrected chi connectivity index (χ4v) is 6.50. The van der Waals surface area contributed by atoms with Gasteiger partial charge in [0, 0.05) is 13.2 Å². The fraction of sp³-hybridized carbons (Fsp3) is 0.727. The van der Waals surface area contributed by atoms with E-state index in [1.165, 1.54) is 0 Å². The van der Waals surface area contributed by atoms with Gasteiger partial charge in [-0.1, -0.05) is 65.8 Å². The molecule has 0 aliphatic rings. The number of aliphatic hydroxyl groups excluding tert-OH is 1. The van der Waals surface area contributed by atoms with Crippen molar-refractivity contribution >= 4 is 22.7 Å². The number of ether oxygens (including phenoxy) is 3. The molecule has 0 unspecified atom stereocenters. The zero-order chi connectivity index (χ0) is 32.9. The molecule has 0 radical (unpaired) electrons.